The van der Waals surface area contributed by atoms with Crippen molar-refractivity contribution in [1.29, 1.82) is 5.26 Å². The molecule has 0 bridgehead atoms. The first kappa shape index (κ1) is 16.3. The van der Waals surface area contributed by atoms with E-state index in [1.54, 1.807) is 23.9 Å². The van der Waals surface area contributed by atoms with Gasteiger partial charge in [0, 0.05) is 37.3 Å². The molecule has 0 aliphatic carbocycles. The molecule has 0 saturated carbocycles. The number of halogens is 1. The molecule has 1 atom stereocenters. The van der Waals surface area contributed by atoms with E-state index in [0.29, 0.717) is 11.5 Å². The van der Waals surface area contributed by atoms with E-state index in [0.717, 1.165) is 0 Å². The number of benzene rings is 1. The molecule has 6 nitrogen and oxygen atoms in total. The van der Waals surface area contributed by atoms with Gasteiger partial charge in [-0.25, -0.2) is 9.37 Å². The number of hydrogen-bond donors (Lipinski definition) is 0. The van der Waals surface area contributed by atoms with Gasteiger partial charge >= 0.3 is 0 Å². The summed E-state index contributed by atoms with van der Waals surface area (Å²) in [6.45, 7) is 0. The number of Topliss-reactive ketones (excluding diaryl/α,β-unsaturated/α-hetero) is 1. The van der Waals surface area contributed by atoms with Crippen molar-refractivity contribution in [2.75, 3.05) is 0 Å². The molecule has 3 aromatic rings. The average Bonchev–Trinajstić information content (AvgIpc) is 3.02. The quantitative estimate of drug-likeness (QED) is 0.684. The summed E-state index contributed by atoms with van der Waals surface area (Å²) in [4.78, 5) is 28.8. The summed E-state index contributed by atoms with van der Waals surface area (Å²) < 4.78 is 16.2. The Kier molecular flexibility index (Phi) is 4.27. The summed E-state index contributed by atoms with van der Waals surface area (Å²) in [5, 5.41) is 9.39. The van der Waals surface area contributed by atoms with Gasteiger partial charge in [-0.05, 0) is 24.3 Å². The summed E-state index contributed by atoms with van der Waals surface area (Å²) in [5.74, 6) is -1.76. The molecule has 0 fully saturated rings. The van der Waals surface area contributed by atoms with Gasteiger partial charge in [0.25, 0.3) is 5.56 Å². The van der Waals surface area contributed by atoms with Crippen molar-refractivity contribution in [3.63, 3.8) is 0 Å². The molecular formula is C18H13FN4O2. The third kappa shape index (κ3) is 3.10. The van der Waals surface area contributed by atoms with Gasteiger partial charge in [-0.3, -0.25) is 14.2 Å². The lowest BCUT2D eigenvalue weighted by molar-refractivity contribution is 0.0974. The predicted octanol–water partition coefficient (Wildman–Crippen LogP) is 2.20. The minimum absolute atomic E-state index is 0.165. The van der Waals surface area contributed by atoms with Crippen LogP contribution in [0.1, 0.15) is 22.1 Å². The molecule has 25 heavy (non-hydrogen) atoms. The molecule has 0 aliphatic heterocycles. The van der Waals surface area contributed by atoms with Gasteiger partial charge < -0.3 is 4.57 Å². The van der Waals surface area contributed by atoms with Crippen LogP contribution >= 0.6 is 0 Å². The zero-order valence-corrected chi connectivity index (χ0v) is 13.3. The average molecular weight is 336 g/mol. The van der Waals surface area contributed by atoms with Crippen molar-refractivity contribution in [3.8, 4) is 11.8 Å². The van der Waals surface area contributed by atoms with Crippen LogP contribution in [-0.2, 0) is 7.05 Å². The SMILES string of the molecule is Cn1ccnc1C(C#N)C(=O)c1ccc(=O)n(-c2cccc(F)c2)c1. The first-order valence-electron chi connectivity index (χ1n) is 7.41. The second-order valence-corrected chi connectivity index (χ2v) is 5.43. The molecular weight excluding hydrogens is 323 g/mol. The number of imidazole rings is 1. The fraction of sp³-hybridized carbons (Fsp3) is 0.111. The lowest BCUT2D eigenvalue weighted by atomic mass is 9.99. The Morgan fingerprint density at radius 2 is 2.12 bits per heavy atom. The topological polar surface area (TPSA) is 80.7 Å². The largest absolute Gasteiger partial charge is 0.337 e. The van der Waals surface area contributed by atoms with Crippen LogP contribution in [0.3, 0.4) is 0 Å². The summed E-state index contributed by atoms with van der Waals surface area (Å²) in [6, 6.07) is 9.99. The number of aromatic nitrogens is 3. The highest BCUT2D eigenvalue weighted by Crippen LogP contribution is 2.19. The summed E-state index contributed by atoms with van der Waals surface area (Å²) in [5.41, 5.74) is 0.0520. The minimum atomic E-state index is -1.10. The van der Waals surface area contributed by atoms with Crippen LogP contribution in [0.4, 0.5) is 4.39 Å². The van der Waals surface area contributed by atoms with Gasteiger partial charge in [0.05, 0.1) is 11.8 Å². The van der Waals surface area contributed by atoms with Crippen molar-refractivity contribution >= 4 is 5.78 Å². The van der Waals surface area contributed by atoms with E-state index < -0.39 is 23.1 Å². The van der Waals surface area contributed by atoms with Crippen molar-refractivity contribution in [2.24, 2.45) is 7.05 Å². The van der Waals surface area contributed by atoms with Gasteiger partial charge in [0.1, 0.15) is 11.6 Å². The van der Waals surface area contributed by atoms with Gasteiger partial charge in [-0.1, -0.05) is 6.07 Å². The van der Waals surface area contributed by atoms with Crippen molar-refractivity contribution < 1.29 is 9.18 Å². The van der Waals surface area contributed by atoms with E-state index in [1.165, 1.54) is 47.3 Å². The highest BCUT2D eigenvalue weighted by molar-refractivity contribution is 6.02. The maximum atomic E-state index is 13.4. The van der Waals surface area contributed by atoms with Crippen LogP contribution in [0.2, 0.25) is 0 Å². The van der Waals surface area contributed by atoms with Crippen molar-refractivity contribution in [2.45, 2.75) is 5.92 Å². The van der Waals surface area contributed by atoms with Crippen LogP contribution in [0.5, 0.6) is 0 Å². The Hall–Kier alpha value is -3.53. The Balaban J connectivity index is 2.05. The Morgan fingerprint density at radius 3 is 2.76 bits per heavy atom. The number of aryl methyl sites for hydroxylation is 1. The lowest BCUT2D eigenvalue weighted by Crippen LogP contribution is -2.21. The zero-order valence-electron chi connectivity index (χ0n) is 13.3. The van der Waals surface area contributed by atoms with Crippen molar-refractivity contribution in [1.82, 2.24) is 14.1 Å². The molecule has 1 aromatic carbocycles. The molecule has 2 aromatic heterocycles. The van der Waals surface area contributed by atoms with E-state index in [1.807, 2.05) is 6.07 Å². The lowest BCUT2D eigenvalue weighted by Gasteiger charge is -2.11. The molecule has 2 heterocycles. The van der Waals surface area contributed by atoms with Crippen LogP contribution in [0.25, 0.3) is 5.69 Å². The van der Waals surface area contributed by atoms with E-state index in [2.05, 4.69) is 4.98 Å². The molecule has 0 spiro atoms. The maximum absolute atomic E-state index is 13.4. The summed E-state index contributed by atoms with van der Waals surface area (Å²) >= 11 is 0. The first-order valence-corrected chi connectivity index (χ1v) is 7.41. The number of ketones is 1. The Bertz CT molecular complexity index is 1050. The van der Waals surface area contributed by atoms with Crippen LogP contribution in [0, 0.1) is 17.1 Å². The standard InChI is InChI=1S/C18H13FN4O2/c1-22-8-7-21-18(22)15(10-20)17(25)12-5-6-16(24)23(11-12)14-4-2-3-13(19)9-14/h2-9,11,15H,1H3. The summed E-state index contributed by atoms with van der Waals surface area (Å²) in [6.07, 6.45) is 4.45. The molecule has 3 rings (SSSR count). The molecule has 124 valence electrons. The van der Waals surface area contributed by atoms with Gasteiger partial charge in [-0.2, -0.15) is 5.26 Å². The van der Waals surface area contributed by atoms with E-state index in [9.17, 15) is 19.2 Å². The van der Waals surface area contributed by atoms with E-state index in [-0.39, 0.29) is 5.56 Å². The number of carbonyl (C=O) groups excluding carboxylic acids is 1. The van der Waals surface area contributed by atoms with E-state index in [4.69, 9.17) is 0 Å². The number of carbonyl (C=O) groups is 1. The maximum Gasteiger partial charge on any atom is 0.255 e. The number of pyridine rings is 1. The van der Waals surface area contributed by atoms with Crippen LogP contribution in [-0.4, -0.2) is 19.9 Å². The second-order valence-electron chi connectivity index (χ2n) is 5.43. The zero-order chi connectivity index (χ0) is 18.0. The molecule has 0 amide bonds. The number of nitriles is 1. The molecule has 0 radical (unpaired) electrons. The fourth-order valence-corrected chi connectivity index (χ4v) is 2.52. The fourth-order valence-electron chi connectivity index (χ4n) is 2.52. The van der Waals surface area contributed by atoms with Gasteiger partial charge in [-0.15, -0.1) is 0 Å². The third-order valence-corrected chi connectivity index (χ3v) is 3.79. The van der Waals surface area contributed by atoms with Gasteiger partial charge in [0.2, 0.25) is 0 Å². The third-order valence-electron chi connectivity index (χ3n) is 3.79. The molecule has 0 saturated heterocycles. The monoisotopic (exact) mass is 336 g/mol. The smallest absolute Gasteiger partial charge is 0.255 e. The van der Waals surface area contributed by atoms with E-state index >= 15 is 0 Å². The highest BCUT2D eigenvalue weighted by atomic mass is 19.1. The molecule has 1 unspecified atom stereocenters. The number of nitrogens with zero attached hydrogens (tertiary/aromatic N) is 4. The van der Waals surface area contributed by atoms with Gasteiger partial charge in [0.15, 0.2) is 11.7 Å². The Labute approximate surface area is 142 Å². The van der Waals surface area contributed by atoms with Crippen LogP contribution in [0.15, 0.2) is 59.8 Å². The first-order chi connectivity index (χ1) is 12.0. The van der Waals surface area contributed by atoms with Crippen LogP contribution < -0.4 is 5.56 Å². The molecule has 0 aliphatic rings. The highest BCUT2D eigenvalue weighted by Gasteiger charge is 2.26. The number of hydrogen-bond acceptors (Lipinski definition) is 4. The molecule has 7 heteroatoms. The minimum Gasteiger partial charge on any atom is -0.337 e. The summed E-state index contributed by atoms with van der Waals surface area (Å²) in [7, 11) is 1.69. The normalized spacial score (nSPS) is 11.7. The Morgan fingerprint density at radius 1 is 1.32 bits per heavy atom. The molecule has 0 N–H and O–H groups in total. The van der Waals surface area contributed by atoms with Crippen molar-refractivity contribution in [3.05, 3.63) is 82.5 Å². The number of rotatable bonds is 4. The predicted molar refractivity (Wildman–Crippen MR) is 87.9 cm³/mol. The second kappa shape index (κ2) is 6.53.